The first kappa shape index (κ1) is 101. The average molecular weight is 1770 g/mol. The van der Waals surface area contributed by atoms with Gasteiger partial charge in [0.05, 0.1) is 88.2 Å². The normalized spacial score (nSPS) is 12.5. The number of rotatable bonds is 40. The predicted octanol–water partition coefficient (Wildman–Crippen LogP) is 11.0. The number of fused-ring (bicyclic) bond motifs is 6. The number of aryl methyl sites for hydroxylation is 1. The van der Waals surface area contributed by atoms with Crippen LogP contribution in [0, 0.1) is 12.7 Å². The molecule has 682 valence electrons. The van der Waals surface area contributed by atoms with Crippen molar-refractivity contribution in [1.82, 2.24) is 89.7 Å². The minimum Gasteiger partial charge on any atom is -0.396 e. The van der Waals surface area contributed by atoms with Gasteiger partial charge in [0.2, 0.25) is 35.7 Å². The third kappa shape index (κ3) is 31.7. The molecule has 0 aliphatic heterocycles. The zero-order valence-corrected chi connectivity index (χ0v) is 74.4. The summed E-state index contributed by atoms with van der Waals surface area (Å²) in [6.07, 6.45) is 19.6. The van der Waals surface area contributed by atoms with Crippen LogP contribution >= 0.6 is 11.6 Å². The van der Waals surface area contributed by atoms with E-state index in [0.717, 1.165) is 76.0 Å². The maximum absolute atomic E-state index is 13.4. The molecule has 127 heavy (non-hydrogen) atoms. The number of aliphatic hydroxyl groups excluding tert-OH is 3. The molecule has 0 aliphatic carbocycles. The molecule has 12 rings (SSSR count). The van der Waals surface area contributed by atoms with E-state index >= 15 is 0 Å². The number of Topliss-reactive ketones (excluding diaryl/α,β-unsaturated/α-hetero) is 4. The van der Waals surface area contributed by atoms with Crippen LogP contribution in [0.15, 0.2) is 91.5 Å². The molecule has 0 saturated heterocycles. The van der Waals surface area contributed by atoms with Crippen LogP contribution in [0.3, 0.4) is 0 Å². The number of ketones is 4. The van der Waals surface area contributed by atoms with Gasteiger partial charge in [0.25, 0.3) is 0 Å². The number of hydrogen-bond donors (Lipinski definition) is 17. The second-order valence-electron chi connectivity index (χ2n) is 30.3. The van der Waals surface area contributed by atoms with Gasteiger partial charge >= 0.3 is 0 Å². The Hall–Kier alpha value is -12.8. The van der Waals surface area contributed by atoms with Crippen molar-refractivity contribution in [2.75, 3.05) is 92.7 Å². The molecule has 12 heterocycles. The fraction of sp³-hybridized carbons (Fsp3) is 0.465. The quantitative estimate of drug-likeness (QED) is 0.0159. The number of nitrogen functional groups attached to an aromatic ring is 6. The maximum Gasteiger partial charge on any atom is 0.222 e. The molecule has 12 aromatic heterocycles. The number of pyridine rings is 6. The molecule has 0 bridgehead atoms. The van der Waals surface area contributed by atoms with Gasteiger partial charge in [-0.25, -0.2) is 44.3 Å². The summed E-state index contributed by atoms with van der Waals surface area (Å²) in [6.45, 7) is 19.9. The molecule has 0 aromatic carbocycles. The Morgan fingerprint density at radius 3 is 1.02 bits per heavy atom. The van der Waals surface area contributed by atoms with Crippen molar-refractivity contribution in [3.8, 4) is 0 Å². The summed E-state index contributed by atoms with van der Waals surface area (Å²) in [6, 6.07) is 17.7. The van der Waals surface area contributed by atoms with Gasteiger partial charge in [0.15, 0.2) is 69.0 Å². The van der Waals surface area contributed by atoms with Gasteiger partial charge in [-0.2, -0.15) is 29.9 Å². The van der Waals surface area contributed by atoms with Gasteiger partial charge < -0.3 is 92.5 Å². The van der Waals surface area contributed by atoms with E-state index in [-0.39, 0.29) is 120 Å². The third-order valence-electron chi connectivity index (χ3n) is 19.2. The summed E-state index contributed by atoms with van der Waals surface area (Å²) in [5.74, 6) is 3.40. The van der Waals surface area contributed by atoms with E-state index in [1.165, 1.54) is 0 Å². The summed E-state index contributed by atoms with van der Waals surface area (Å²) in [7, 11) is 0. The molecule has 0 radical (unpaired) electrons. The van der Waals surface area contributed by atoms with Crippen molar-refractivity contribution in [1.29, 1.82) is 0 Å². The van der Waals surface area contributed by atoms with Gasteiger partial charge in [0, 0.05) is 68.8 Å². The molecule has 0 saturated carbocycles. The maximum atomic E-state index is 13.4. The molecular formula is C86H121ClFN31O8. The predicted molar refractivity (Wildman–Crippen MR) is 499 cm³/mol. The van der Waals surface area contributed by atoms with Crippen molar-refractivity contribution in [2.45, 2.75) is 233 Å². The lowest BCUT2D eigenvalue weighted by atomic mass is 9.96. The van der Waals surface area contributed by atoms with Gasteiger partial charge in [0.1, 0.15) is 33.1 Å². The van der Waals surface area contributed by atoms with E-state index in [1.807, 2.05) is 72.7 Å². The number of nitrogens with one attached hydrogen (secondary N) is 6. The lowest BCUT2D eigenvalue weighted by Gasteiger charge is -2.21. The Labute approximate surface area is 741 Å². The van der Waals surface area contributed by atoms with Crippen LogP contribution in [-0.4, -0.2) is 201 Å². The summed E-state index contributed by atoms with van der Waals surface area (Å²) in [4.78, 5) is 124. The highest BCUT2D eigenvalue weighted by molar-refractivity contribution is 6.30. The first-order valence-electron chi connectivity index (χ1n) is 42.6. The van der Waals surface area contributed by atoms with Gasteiger partial charge in [-0.1, -0.05) is 98.6 Å². The molecule has 0 aliphatic rings. The van der Waals surface area contributed by atoms with E-state index < -0.39 is 17.5 Å². The topological polar surface area (TPSA) is 636 Å². The van der Waals surface area contributed by atoms with E-state index in [2.05, 4.69) is 129 Å². The number of anilines is 12. The molecule has 0 unspecified atom stereocenters. The highest BCUT2D eigenvalue weighted by Gasteiger charge is 2.27. The molecule has 0 amide bonds. The Bertz CT molecular complexity index is 5440. The molecule has 0 fully saturated rings. The van der Waals surface area contributed by atoms with Gasteiger partial charge in [-0.05, 0) is 146 Å². The van der Waals surface area contributed by atoms with E-state index in [1.54, 1.807) is 75.0 Å². The average Bonchev–Trinajstić information content (AvgIpc) is 0.825. The molecular weight excluding hydrogens is 1650 g/mol. The summed E-state index contributed by atoms with van der Waals surface area (Å²) >= 11 is 5.68. The molecule has 6 atom stereocenters. The lowest BCUT2D eigenvalue weighted by molar-refractivity contribution is -0.121. The van der Waals surface area contributed by atoms with Crippen LogP contribution in [0.4, 0.5) is 75.0 Å². The number of hydrogen-bond acceptors (Lipinski definition) is 39. The summed E-state index contributed by atoms with van der Waals surface area (Å²) in [5, 5.41) is 56.0. The Kier molecular flexibility index (Phi) is 41.2. The second kappa shape index (κ2) is 51.6. The number of nitrogens with two attached hydrogens (primary N) is 7. The van der Waals surface area contributed by atoms with Crippen molar-refractivity contribution >= 4 is 172 Å². The number of nitrogens with zero attached hydrogens (tertiary/aromatic N) is 18. The lowest BCUT2D eigenvalue weighted by Crippen LogP contribution is -2.32. The van der Waals surface area contributed by atoms with Crippen LogP contribution in [0.1, 0.15) is 190 Å². The zero-order chi connectivity index (χ0) is 92.7. The first-order chi connectivity index (χ1) is 60.9. The second-order valence-corrected chi connectivity index (χ2v) is 30.7. The van der Waals surface area contributed by atoms with E-state index in [4.69, 9.17) is 56.8 Å². The van der Waals surface area contributed by atoms with Crippen LogP contribution in [0.25, 0.3) is 66.2 Å². The highest BCUT2D eigenvalue weighted by Crippen LogP contribution is 2.29. The third-order valence-corrected chi connectivity index (χ3v) is 19.5. The number of carbonyl (C=O) groups excluding carboxylic acids is 4. The van der Waals surface area contributed by atoms with Crippen LogP contribution in [0.5, 0.6) is 0 Å². The van der Waals surface area contributed by atoms with Crippen molar-refractivity contribution in [3.63, 3.8) is 0 Å². The fourth-order valence-corrected chi connectivity index (χ4v) is 13.1. The Morgan fingerprint density at radius 2 is 0.709 bits per heavy atom. The number of aromatic nitrogens is 18. The zero-order valence-electron chi connectivity index (χ0n) is 73.7. The summed E-state index contributed by atoms with van der Waals surface area (Å²) in [5.41, 5.74) is 46.7. The highest BCUT2D eigenvalue weighted by atomic mass is 35.5. The standard InChI is InChI=1S/C17H25N5O2.C15H22N6O.C15H21N5O2.C14H19N5O.C13H19N5O.C12H15ClFN5O/c1-4-6-11(13(23)8-9-17(2,3)24)20-15-14-12(7-5-10-19-14)21-16(18)22-15;1-2-5-10(12(22)7-3-8-16)19-14-13-11(6-4-9-18-13)20-15(17)21-14;1-2-5-10(12(22)7-4-9-21)18-14-13-11(6-3-8-17-13)19-15(16)20-14;1-3-6-9(11(20)4-2)17-13-12-10(7-5-8-16-12)18-14(15)19-13;1-3-4-9(7-19)16-12-11-10(17-13(14)18-12)6-5-8(2)15-11;1-2-3-6(5-20)16-11-9-8(17-12(15)19-11)4-7(14)10(13)18-9/h5,7,10-11,24H,4,6,8-9H2,1-3H3,(H3,18,20,21,22);4,6,9-10H,2-3,5,7-8,16H2,1H3,(H3,17,19,20,21);3,6,8,10,21H,2,4-5,7,9H2,1H3,(H3,16,18,19,20);5,7-9H,3-4,6H2,1-2H3,(H3,15,17,18,19);5-6,9,19H,3-4,7H2,1-2H3,(H3,14,16,17,18);4,6,20H,2-3,5H2,1H3,(H3,15,16,17,19)/t11-;2*10-;2*9-;6-/m000000/s1. The Morgan fingerprint density at radius 1 is 0.402 bits per heavy atom. The van der Waals surface area contributed by atoms with Gasteiger partial charge in [-0.3, -0.25) is 39.1 Å². The van der Waals surface area contributed by atoms with Crippen molar-refractivity contribution < 1.29 is 44.0 Å². The summed E-state index contributed by atoms with van der Waals surface area (Å²) < 4.78 is 13.4. The number of aliphatic hydroxyl groups is 4. The van der Waals surface area contributed by atoms with E-state index in [9.17, 15) is 38.9 Å². The smallest absolute Gasteiger partial charge is 0.222 e. The first-order valence-corrected chi connectivity index (χ1v) is 43.0. The fourth-order valence-electron chi connectivity index (χ4n) is 13.0. The SMILES string of the molecule is CCC[C@@H](CO)Nc1nc(N)nc2cc(F)c(Cl)nc12.CCC[C@@H](CO)Nc1nc(N)nc2ccc(C)nc12.CCC[C@H](Nc1nc(N)nc2cccnc12)C(=O)CC.CCC[C@H](Nc1nc(N)nc2cccnc12)C(=O)CCC(C)(C)O.CCC[C@H](Nc1nc(N)nc2cccnc12)C(=O)CCCN.CCC[C@H](Nc1nc(N)nc2cccnc12)C(=O)CCCO. The monoisotopic (exact) mass is 1770 g/mol. The van der Waals surface area contributed by atoms with Crippen molar-refractivity contribution in [2.24, 2.45) is 5.73 Å². The van der Waals surface area contributed by atoms with Crippen molar-refractivity contribution in [3.05, 3.63) is 108 Å². The Balaban J connectivity index is 0.000000209. The molecule has 41 heteroatoms. The van der Waals surface area contributed by atoms with Crippen LogP contribution in [0.2, 0.25) is 5.15 Å². The van der Waals surface area contributed by atoms with Crippen LogP contribution < -0.4 is 72.0 Å². The number of halogens is 2. The molecule has 24 N–H and O–H groups in total. The molecule has 39 nitrogen and oxygen atoms in total. The van der Waals surface area contributed by atoms with E-state index in [0.29, 0.717) is 160 Å². The number of carbonyl (C=O) groups is 4. The largest absolute Gasteiger partial charge is 0.396 e. The molecule has 0 spiro atoms. The minimum absolute atomic E-state index is 0.00305. The minimum atomic E-state index is -0.861. The van der Waals surface area contributed by atoms with Crippen LogP contribution in [-0.2, 0) is 19.2 Å². The van der Waals surface area contributed by atoms with Gasteiger partial charge in [-0.15, -0.1) is 0 Å². The molecule has 12 aromatic rings.